The molecule has 4 atom stereocenters. The van der Waals surface area contributed by atoms with Crippen LogP contribution in [0.5, 0.6) is 0 Å². The zero-order chi connectivity index (χ0) is 26.7. The number of halogens is 3. The van der Waals surface area contributed by atoms with Crippen LogP contribution in [0.4, 0.5) is 29.3 Å². The van der Waals surface area contributed by atoms with Crippen LogP contribution in [0.25, 0.3) is 0 Å². The molecule has 38 heavy (non-hydrogen) atoms. The van der Waals surface area contributed by atoms with E-state index in [0.29, 0.717) is 29.9 Å². The fourth-order valence-electron chi connectivity index (χ4n) is 5.46. The number of amides is 2. The van der Waals surface area contributed by atoms with Crippen molar-refractivity contribution in [2.24, 2.45) is 11.7 Å². The number of alkyl halides is 3. The van der Waals surface area contributed by atoms with Gasteiger partial charge in [0.1, 0.15) is 0 Å². The zero-order valence-electron chi connectivity index (χ0n) is 20.8. The number of anilines is 2. The highest BCUT2D eigenvalue weighted by atomic mass is 19.4. The molecule has 0 unspecified atom stereocenters. The van der Waals surface area contributed by atoms with Gasteiger partial charge >= 0.3 is 12.2 Å². The second-order valence-corrected chi connectivity index (χ2v) is 9.78. The van der Waals surface area contributed by atoms with Crippen LogP contribution in [0.1, 0.15) is 41.7 Å². The number of benzene rings is 3. The number of urea groups is 1. The van der Waals surface area contributed by atoms with Gasteiger partial charge in [0.2, 0.25) is 0 Å². The van der Waals surface area contributed by atoms with Crippen LogP contribution in [-0.2, 0) is 10.9 Å². The predicted octanol–water partition coefficient (Wildman–Crippen LogP) is 6.20. The monoisotopic (exact) mass is 524 g/mol. The molecule has 1 saturated heterocycles. The molecule has 1 fully saturated rings. The van der Waals surface area contributed by atoms with E-state index in [4.69, 9.17) is 10.5 Å². The van der Waals surface area contributed by atoms with Crippen molar-refractivity contribution in [2.75, 3.05) is 30.3 Å². The first-order valence-corrected chi connectivity index (χ1v) is 12.8. The molecule has 3 aromatic carbocycles. The number of hydrogen-bond acceptors (Lipinski definition) is 4. The number of nitrogens with two attached hydrogens (primary N) is 1. The van der Waals surface area contributed by atoms with Crippen molar-refractivity contribution in [3.8, 4) is 0 Å². The molecule has 2 amide bonds. The number of hydrogen-bond donors (Lipinski definition) is 3. The van der Waals surface area contributed by atoms with Gasteiger partial charge < -0.3 is 26.0 Å². The van der Waals surface area contributed by atoms with E-state index in [1.807, 2.05) is 48.5 Å². The predicted molar refractivity (Wildman–Crippen MR) is 141 cm³/mol. The Kier molecular flexibility index (Phi) is 7.58. The van der Waals surface area contributed by atoms with Crippen LogP contribution < -0.4 is 16.4 Å². The van der Waals surface area contributed by atoms with E-state index >= 15 is 0 Å². The number of fused-ring (bicyclic) bond motifs is 3. The third kappa shape index (κ3) is 5.63. The molecule has 2 heterocycles. The summed E-state index contributed by atoms with van der Waals surface area (Å²) in [5.41, 5.74) is 7.96. The van der Waals surface area contributed by atoms with E-state index in [1.165, 1.54) is 12.1 Å². The smallest absolute Gasteiger partial charge is 0.378 e. The Bertz CT molecular complexity index is 1240. The van der Waals surface area contributed by atoms with Crippen LogP contribution in [0.3, 0.4) is 0 Å². The summed E-state index contributed by atoms with van der Waals surface area (Å²) in [6.45, 7) is 0.894. The van der Waals surface area contributed by atoms with Gasteiger partial charge in [-0.05, 0) is 48.7 Å². The molecule has 9 heteroatoms. The first-order valence-electron chi connectivity index (χ1n) is 12.8. The van der Waals surface area contributed by atoms with Crippen molar-refractivity contribution in [3.05, 3.63) is 95.6 Å². The molecule has 0 bridgehead atoms. The van der Waals surface area contributed by atoms with E-state index in [0.717, 1.165) is 18.1 Å². The third-order valence-corrected chi connectivity index (χ3v) is 7.27. The van der Waals surface area contributed by atoms with Crippen molar-refractivity contribution in [3.63, 3.8) is 0 Å². The summed E-state index contributed by atoms with van der Waals surface area (Å²) in [7, 11) is 0. The lowest BCUT2D eigenvalue weighted by Crippen LogP contribution is -2.47. The Balaban J connectivity index is 1.40. The highest BCUT2D eigenvalue weighted by molar-refractivity contribution is 5.89. The van der Waals surface area contributed by atoms with Crippen molar-refractivity contribution < 1.29 is 22.7 Å². The van der Waals surface area contributed by atoms with Gasteiger partial charge in [-0.1, -0.05) is 48.5 Å². The van der Waals surface area contributed by atoms with Crippen LogP contribution >= 0.6 is 0 Å². The summed E-state index contributed by atoms with van der Waals surface area (Å²) in [6.07, 6.45) is -3.95. The maximum Gasteiger partial charge on any atom is 0.416 e. The highest BCUT2D eigenvalue weighted by Crippen LogP contribution is 2.51. The number of nitrogens with zero attached hydrogens (tertiary/aromatic N) is 1. The molecule has 0 aromatic heterocycles. The summed E-state index contributed by atoms with van der Waals surface area (Å²) in [6, 6.07) is 22.4. The minimum absolute atomic E-state index is 0.0641. The molecule has 2 aliphatic heterocycles. The first-order chi connectivity index (χ1) is 18.3. The Morgan fingerprint density at radius 2 is 1.74 bits per heavy atom. The maximum atomic E-state index is 13.6. The van der Waals surface area contributed by atoms with Gasteiger partial charge in [-0.15, -0.1) is 0 Å². The molecule has 0 saturated carbocycles. The van der Waals surface area contributed by atoms with Gasteiger partial charge in [-0.3, -0.25) is 0 Å². The van der Waals surface area contributed by atoms with Gasteiger partial charge in [0.25, 0.3) is 0 Å². The standard InChI is InChI=1S/C29H31F3N4O2/c30-29(31,32)20-11-14-25-24(17-20)27-23(26(35-25)19-7-3-1-4-8-19)13-12-22(38-27)18-36(16-15-33)28(37)34-21-9-5-2-6-10-21/h1-11,14,17,22-23,26-27,35H,12-13,15-16,18,33H2,(H,34,37)/t22-,23+,26+,27+/m1/s1. The van der Waals surface area contributed by atoms with Gasteiger partial charge in [-0.2, -0.15) is 13.2 Å². The fourth-order valence-corrected chi connectivity index (χ4v) is 5.46. The van der Waals surface area contributed by atoms with Crippen LogP contribution in [-0.4, -0.2) is 36.7 Å². The first kappa shape index (κ1) is 26.1. The number of carbonyl (C=O) groups is 1. The van der Waals surface area contributed by atoms with Gasteiger partial charge in [0.15, 0.2) is 0 Å². The molecule has 6 nitrogen and oxygen atoms in total. The highest BCUT2D eigenvalue weighted by Gasteiger charge is 2.44. The fraction of sp³-hybridized carbons (Fsp3) is 0.345. The van der Waals surface area contributed by atoms with E-state index < -0.39 is 17.8 Å². The minimum Gasteiger partial charge on any atom is -0.378 e. The quantitative estimate of drug-likeness (QED) is 0.359. The van der Waals surface area contributed by atoms with Crippen LogP contribution in [0, 0.1) is 5.92 Å². The molecule has 0 spiro atoms. The van der Waals surface area contributed by atoms with E-state index in [2.05, 4.69) is 10.6 Å². The Labute approximate surface area is 220 Å². The molecule has 4 N–H and O–H groups in total. The van der Waals surface area contributed by atoms with Gasteiger partial charge in [0.05, 0.1) is 23.8 Å². The lowest BCUT2D eigenvalue weighted by molar-refractivity contribution is -0.138. The van der Waals surface area contributed by atoms with E-state index in [9.17, 15) is 18.0 Å². The second-order valence-electron chi connectivity index (χ2n) is 9.78. The molecule has 200 valence electrons. The molecule has 3 aromatic rings. The summed E-state index contributed by atoms with van der Waals surface area (Å²) in [5.74, 6) is -0.0641. The van der Waals surface area contributed by atoms with Gasteiger partial charge in [0, 0.05) is 42.5 Å². The summed E-state index contributed by atoms with van der Waals surface area (Å²) < 4.78 is 47.3. The van der Waals surface area contributed by atoms with Crippen molar-refractivity contribution in [2.45, 2.75) is 37.3 Å². The van der Waals surface area contributed by atoms with Crippen molar-refractivity contribution in [1.29, 1.82) is 0 Å². The molecule has 5 rings (SSSR count). The zero-order valence-corrected chi connectivity index (χ0v) is 20.8. The average molecular weight is 525 g/mol. The Morgan fingerprint density at radius 1 is 1.03 bits per heavy atom. The largest absolute Gasteiger partial charge is 0.416 e. The minimum atomic E-state index is -4.46. The van der Waals surface area contributed by atoms with Crippen molar-refractivity contribution in [1.82, 2.24) is 4.90 Å². The van der Waals surface area contributed by atoms with E-state index in [1.54, 1.807) is 17.0 Å². The number of nitrogens with one attached hydrogen (secondary N) is 2. The third-order valence-electron chi connectivity index (χ3n) is 7.27. The lowest BCUT2D eigenvalue weighted by atomic mass is 9.76. The number of para-hydroxylation sites is 1. The molecular weight excluding hydrogens is 493 g/mol. The number of rotatable bonds is 6. The molecule has 0 radical (unpaired) electrons. The number of carbonyl (C=O) groups excluding carboxylic acids is 1. The SMILES string of the molecule is NCCN(C[C@H]1CC[C@@H]2[C@H](O1)c1cc(C(F)(F)F)ccc1N[C@H]2c1ccccc1)C(=O)Nc1ccccc1. The lowest BCUT2D eigenvalue weighted by Gasteiger charge is -2.46. The van der Waals surface area contributed by atoms with Crippen LogP contribution in [0.2, 0.25) is 0 Å². The van der Waals surface area contributed by atoms with E-state index in [-0.39, 0.29) is 37.2 Å². The average Bonchev–Trinajstić information content (AvgIpc) is 2.92. The topological polar surface area (TPSA) is 79.6 Å². The Hall–Kier alpha value is -3.56. The summed E-state index contributed by atoms with van der Waals surface area (Å²) in [4.78, 5) is 14.6. The Morgan fingerprint density at radius 3 is 2.42 bits per heavy atom. The summed E-state index contributed by atoms with van der Waals surface area (Å²) >= 11 is 0. The molecule has 2 aliphatic rings. The second kappa shape index (κ2) is 11.0. The summed E-state index contributed by atoms with van der Waals surface area (Å²) in [5, 5.41) is 6.36. The van der Waals surface area contributed by atoms with Crippen molar-refractivity contribution >= 4 is 17.4 Å². The normalized spacial score (nSPS) is 22.5. The van der Waals surface area contributed by atoms with Crippen LogP contribution in [0.15, 0.2) is 78.9 Å². The maximum absolute atomic E-state index is 13.6. The molecule has 0 aliphatic carbocycles. The molecular formula is C29H31F3N4O2. The number of ether oxygens (including phenoxy) is 1. The van der Waals surface area contributed by atoms with Gasteiger partial charge in [-0.25, -0.2) is 4.79 Å².